The summed E-state index contributed by atoms with van der Waals surface area (Å²) in [6, 6.07) is 23.6. The molecule has 4 rings (SSSR count). The Morgan fingerprint density at radius 3 is 2.43 bits per heavy atom. The molecule has 0 aromatic heterocycles. The molecule has 180 valence electrons. The van der Waals surface area contributed by atoms with Crippen LogP contribution in [0.2, 0.25) is 5.02 Å². The van der Waals surface area contributed by atoms with Gasteiger partial charge in [-0.25, -0.2) is 13.4 Å². The van der Waals surface area contributed by atoms with Crippen LogP contribution in [0.15, 0.2) is 83.9 Å². The van der Waals surface area contributed by atoms with Crippen molar-refractivity contribution in [2.75, 3.05) is 19.6 Å². The minimum atomic E-state index is -3.64. The number of aliphatic imine (C=N–C) groups is 1. The normalized spacial score (nSPS) is 17.1. The second-order valence-electron chi connectivity index (χ2n) is 8.32. The second kappa shape index (κ2) is 10.9. The van der Waals surface area contributed by atoms with Gasteiger partial charge in [-0.15, -0.1) is 0 Å². The van der Waals surface area contributed by atoms with Gasteiger partial charge >= 0.3 is 0 Å². The summed E-state index contributed by atoms with van der Waals surface area (Å²) >= 11 is 5.97. The van der Waals surface area contributed by atoms with E-state index in [1.807, 2.05) is 72.6 Å². The van der Waals surface area contributed by atoms with E-state index in [2.05, 4.69) is 5.32 Å². The van der Waals surface area contributed by atoms with Crippen LogP contribution >= 0.6 is 11.6 Å². The van der Waals surface area contributed by atoms with E-state index in [-0.39, 0.29) is 12.3 Å². The molecule has 3 aromatic rings. The number of aryl methyl sites for hydroxylation is 1. The molecule has 9 heteroatoms. The molecule has 0 amide bonds. The van der Waals surface area contributed by atoms with Crippen molar-refractivity contribution in [1.82, 2.24) is 14.5 Å². The van der Waals surface area contributed by atoms with Crippen molar-refractivity contribution in [2.24, 2.45) is 4.99 Å². The summed E-state index contributed by atoms with van der Waals surface area (Å²) in [6.45, 7) is 2.96. The van der Waals surface area contributed by atoms with Crippen LogP contribution in [0.4, 0.5) is 5.69 Å². The van der Waals surface area contributed by atoms with Gasteiger partial charge in [0.25, 0.3) is 0 Å². The van der Waals surface area contributed by atoms with E-state index in [9.17, 15) is 13.7 Å². The lowest BCUT2D eigenvalue weighted by Crippen LogP contribution is -2.54. The molecule has 0 aliphatic carbocycles. The number of nitrogens with one attached hydrogen (secondary N) is 1. The van der Waals surface area contributed by atoms with Crippen LogP contribution in [-0.2, 0) is 15.8 Å². The molecule has 7 nitrogen and oxygen atoms in total. The molecule has 0 radical (unpaired) electrons. The molecule has 1 saturated heterocycles. The number of hydrogen-bond donors (Lipinski definition) is 1. The number of guanidine groups is 1. The fourth-order valence-electron chi connectivity index (χ4n) is 4.14. The van der Waals surface area contributed by atoms with E-state index < -0.39 is 16.1 Å². The van der Waals surface area contributed by atoms with E-state index in [1.54, 1.807) is 28.6 Å². The molecule has 0 bridgehead atoms. The molecule has 0 spiro atoms. The number of hydrogen-bond acceptors (Lipinski definition) is 4. The van der Waals surface area contributed by atoms with Gasteiger partial charge in [-0.3, -0.25) is 5.32 Å². The van der Waals surface area contributed by atoms with Crippen molar-refractivity contribution in [3.8, 4) is 6.19 Å². The Kier molecular flexibility index (Phi) is 7.71. The number of para-hydroxylation sites is 1. The molecule has 0 saturated carbocycles. The molecule has 1 heterocycles. The third-order valence-corrected chi connectivity index (χ3v) is 8.05. The Balaban J connectivity index is 1.66. The van der Waals surface area contributed by atoms with Gasteiger partial charge in [-0.2, -0.15) is 9.57 Å². The van der Waals surface area contributed by atoms with Gasteiger partial charge in [-0.1, -0.05) is 72.3 Å². The lowest BCUT2D eigenvalue weighted by molar-refractivity contribution is 0.192. The quantitative estimate of drug-likeness (QED) is 0.236. The molecule has 1 fully saturated rings. The molecular formula is C26H26ClN5O2S. The van der Waals surface area contributed by atoms with Crippen LogP contribution in [0.1, 0.15) is 22.7 Å². The zero-order chi connectivity index (χ0) is 24.8. The first-order valence-corrected chi connectivity index (χ1v) is 13.2. The average molecular weight is 508 g/mol. The fraction of sp³-hybridized carbons (Fsp3) is 0.231. The number of nitrogens with zero attached hydrogens (tertiary/aromatic N) is 4. The van der Waals surface area contributed by atoms with Gasteiger partial charge in [0, 0.05) is 24.7 Å². The van der Waals surface area contributed by atoms with Gasteiger partial charge in [0.2, 0.25) is 16.0 Å². The molecular weight excluding hydrogens is 482 g/mol. The Morgan fingerprint density at radius 1 is 1.06 bits per heavy atom. The summed E-state index contributed by atoms with van der Waals surface area (Å²) in [6.07, 6.45) is 1.97. The fourth-order valence-corrected chi connectivity index (χ4v) is 5.98. The minimum Gasteiger partial charge on any atom is -0.339 e. The summed E-state index contributed by atoms with van der Waals surface area (Å²) in [5.41, 5.74) is 3.29. The predicted molar refractivity (Wildman–Crippen MR) is 139 cm³/mol. The minimum absolute atomic E-state index is 0.117. The van der Waals surface area contributed by atoms with Crippen LogP contribution in [0, 0.1) is 18.4 Å². The highest BCUT2D eigenvalue weighted by Gasteiger charge is 2.37. The van der Waals surface area contributed by atoms with Crippen LogP contribution in [0.5, 0.6) is 0 Å². The van der Waals surface area contributed by atoms with E-state index in [1.165, 1.54) is 0 Å². The average Bonchev–Trinajstić information content (AvgIpc) is 2.86. The van der Waals surface area contributed by atoms with Crippen LogP contribution in [0.3, 0.4) is 0 Å². The third kappa shape index (κ3) is 6.01. The van der Waals surface area contributed by atoms with Crippen LogP contribution in [-0.4, -0.2) is 43.2 Å². The molecule has 1 unspecified atom stereocenters. The first-order valence-electron chi connectivity index (χ1n) is 11.2. The summed E-state index contributed by atoms with van der Waals surface area (Å²) in [7, 11) is -3.64. The number of benzene rings is 3. The highest BCUT2D eigenvalue weighted by Crippen LogP contribution is 2.30. The second-order valence-corrected chi connectivity index (χ2v) is 10.7. The molecule has 3 aromatic carbocycles. The first kappa shape index (κ1) is 24.7. The Morgan fingerprint density at radius 2 is 1.74 bits per heavy atom. The van der Waals surface area contributed by atoms with Crippen LogP contribution in [0.25, 0.3) is 0 Å². The van der Waals surface area contributed by atoms with Gasteiger partial charge in [0.15, 0.2) is 6.19 Å². The molecule has 1 aliphatic rings. The van der Waals surface area contributed by atoms with Crippen molar-refractivity contribution in [1.29, 1.82) is 5.26 Å². The summed E-state index contributed by atoms with van der Waals surface area (Å²) in [5, 5.41) is 12.6. The van der Waals surface area contributed by atoms with E-state index in [0.29, 0.717) is 29.6 Å². The number of sulfonamides is 1. The van der Waals surface area contributed by atoms with Crippen LogP contribution < -0.4 is 5.32 Å². The standard InChI is InChI=1S/C26H26ClN5O2S/c1-20-7-5-6-10-24(20)30-26(29-19-28)31-15-16-32(25(17-31)22-8-3-2-4-9-22)35(33,34)18-21-11-13-23(27)14-12-21/h2-14,25H,15-18H2,1H3,(H,29,30). The molecule has 1 aliphatic heterocycles. The van der Waals surface area contributed by atoms with Crippen molar-refractivity contribution in [3.05, 3.63) is 101 Å². The number of nitriles is 1. The van der Waals surface area contributed by atoms with Gasteiger partial charge in [0.05, 0.1) is 17.5 Å². The van der Waals surface area contributed by atoms with E-state index >= 15 is 0 Å². The maximum Gasteiger partial charge on any atom is 0.218 e. The van der Waals surface area contributed by atoms with Gasteiger partial charge < -0.3 is 4.90 Å². The SMILES string of the molecule is Cc1ccccc1N=C(NC#N)N1CCN(S(=O)(=O)Cc2ccc(Cl)cc2)C(c2ccccc2)C1. The van der Waals surface area contributed by atoms with Crippen molar-refractivity contribution < 1.29 is 8.42 Å². The lowest BCUT2D eigenvalue weighted by atomic mass is 10.0. The Bertz CT molecular complexity index is 1340. The number of rotatable bonds is 5. The Hall–Kier alpha value is -3.38. The molecule has 1 atom stereocenters. The number of piperazine rings is 1. The number of halogens is 1. The van der Waals surface area contributed by atoms with Crippen molar-refractivity contribution in [3.63, 3.8) is 0 Å². The van der Waals surface area contributed by atoms with Crippen molar-refractivity contribution >= 4 is 33.3 Å². The Labute approximate surface area is 211 Å². The monoisotopic (exact) mass is 507 g/mol. The molecule has 1 N–H and O–H groups in total. The third-order valence-electron chi connectivity index (χ3n) is 5.94. The highest BCUT2D eigenvalue weighted by molar-refractivity contribution is 7.88. The maximum atomic E-state index is 13.5. The zero-order valence-electron chi connectivity index (χ0n) is 19.3. The first-order chi connectivity index (χ1) is 16.9. The largest absolute Gasteiger partial charge is 0.339 e. The van der Waals surface area contributed by atoms with E-state index in [4.69, 9.17) is 16.6 Å². The van der Waals surface area contributed by atoms with Gasteiger partial charge in [-0.05, 0) is 41.8 Å². The summed E-state index contributed by atoms with van der Waals surface area (Å²) in [4.78, 5) is 6.62. The lowest BCUT2D eigenvalue weighted by Gasteiger charge is -2.41. The highest BCUT2D eigenvalue weighted by atomic mass is 35.5. The summed E-state index contributed by atoms with van der Waals surface area (Å²) in [5.74, 6) is 0.283. The summed E-state index contributed by atoms with van der Waals surface area (Å²) < 4.78 is 28.6. The zero-order valence-corrected chi connectivity index (χ0v) is 20.9. The van der Waals surface area contributed by atoms with Gasteiger partial charge in [0.1, 0.15) is 0 Å². The van der Waals surface area contributed by atoms with E-state index in [0.717, 1.165) is 16.8 Å². The smallest absolute Gasteiger partial charge is 0.218 e. The maximum absolute atomic E-state index is 13.5. The predicted octanol–water partition coefficient (Wildman–Crippen LogP) is 4.60. The topological polar surface area (TPSA) is 88.8 Å². The molecule has 35 heavy (non-hydrogen) atoms. The van der Waals surface area contributed by atoms with Crippen molar-refractivity contribution in [2.45, 2.75) is 18.7 Å².